The van der Waals surface area contributed by atoms with Crippen molar-refractivity contribution in [3.8, 4) is 0 Å². The Kier molecular flexibility index (Phi) is 5.03. The molecule has 2 heterocycles. The summed E-state index contributed by atoms with van der Waals surface area (Å²) in [6.45, 7) is 3.43. The molecule has 1 aromatic carbocycles. The summed E-state index contributed by atoms with van der Waals surface area (Å²) in [5.74, 6) is -0.582. The Balaban J connectivity index is 1.56. The first-order valence-electron chi connectivity index (χ1n) is 7.91. The van der Waals surface area contributed by atoms with Crippen molar-refractivity contribution in [3.05, 3.63) is 72.1 Å². The van der Waals surface area contributed by atoms with Crippen LogP contribution in [0.2, 0.25) is 0 Å². The van der Waals surface area contributed by atoms with E-state index in [-0.39, 0.29) is 11.7 Å². The normalized spacial score (nSPS) is 11.1. The molecule has 0 aliphatic heterocycles. The number of carbonyl (C=O) groups excluding carboxylic acids is 1. The largest absolute Gasteiger partial charge is 0.320 e. The molecule has 3 aromatic rings. The number of benzene rings is 1. The van der Waals surface area contributed by atoms with E-state index in [1.807, 2.05) is 17.8 Å². The van der Waals surface area contributed by atoms with Crippen molar-refractivity contribution in [3.63, 3.8) is 0 Å². The molecular weight excluding hydrogens is 321 g/mol. The first kappa shape index (κ1) is 16.6. The Morgan fingerprint density at radius 1 is 1.16 bits per heavy atom. The number of aromatic nitrogens is 4. The number of carbonyl (C=O) groups is 1. The van der Waals surface area contributed by atoms with E-state index < -0.39 is 0 Å². The number of anilines is 1. The van der Waals surface area contributed by atoms with Gasteiger partial charge in [0, 0.05) is 30.6 Å². The third kappa shape index (κ3) is 4.63. The summed E-state index contributed by atoms with van der Waals surface area (Å²) in [6.07, 6.45) is 10.1. The van der Waals surface area contributed by atoms with Crippen LogP contribution in [0.25, 0.3) is 6.08 Å². The highest BCUT2D eigenvalue weighted by Crippen LogP contribution is 2.09. The minimum absolute atomic E-state index is 0.275. The molecule has 1 N–H and O–H groups in total. The van der Waals surface area contributed by atoms with Crippen molar-refractivity contribution < 1.29 is 9.18 Å². The summed E-state index contributed by atoms with van der Waals surface area (Å²) < 4.78 is 16.4. The van der Waals surface area contributed by atoms with Crippen LogP contribution in [0, 0.1) is 5.82 Å². The molecule has 25 heavy (non-hydrogen) atoms. The first-order valence-corrected chi connectivity index (χ1v) is 7.91. The number of hydrogen-bond acceptors (Lipinski definition) is 3. The van der Waals surface area contributed by atoms with Gasteiger partial charge in [-0.15, -0.1) is 0 Å². The number of nitrogens with one attached hydrogen (secondary N) is 1. The molecule has 7 heteroatoms. The quantitative estimate of drug-likeness (QED) is 0.702. The fourth-order valence-corrected chi connectivity index (χ4v) is 2.29. The fraction of sp³-hybridized carbons (Fsp3) is 0.167. The van der Waals surface area contributed by atoms with Gasteiger partial charge in [-0.2, -0.15) is 10.2 Å². The van der Waals surface area contributed by atoms with E-state index in [4.69, 9.17) is 0 Å². The van der Waals surface area contributed by atoms with Crippen LogP contribution in [0.3, 0.4) is 0 Å². The first-order chi connectivity index (χ1) is 12.1. The highest BCUT2D eigenvalue weighted by atomic mass is 19.1. The zero-order valence-electron chi connectivity index (χ0n) is 13.8. The lowest BCUT2D eigenvalue weighted by molar-refractivity contribution is -0.111. The second-order valence-corrected chi connectivity index (χ2v) is 5.51. The van der Waals surface area contributed by atoms with Crippen molar-refractivity contribution >= 4 is 17.7 Å². The van der Waals surface area contributed by atoms with Crippen LogP contribution in [0.15, 0.2) is 55.1 Å². The average Bonchev–Trinajstić information content (AvgIpc) is 3.24. The van der Waals surface area contributed by atoms with E-state index in [1.54, 1.807) is 41.5 Å². The van der Waals surface area contributed by atoms with E-state index >= 15 is 0 Å². The maximum absolute atomic E-state index is 12.8. The van der Waals surface area contributed by atoms with E-state index in [9.17, 15) is 9.18 Å². The van der Waals surface area contributed by atoms with E-state index in [0.29, 0.717) is 12.2 Å². The standard InChI is InChI=1S/C18H18FN5O/c1-2-23-11-15(9-20-23)12-24-13-17(10-21-24)22-18(25)8-5-14-3-6-16(19)7-4-14/h3-11,13H,2,12H2,1H3,(H,22,25)/b8-5+. The molecule has 0 saturated heterocycles. The number of aryl methyl sites for hydroxylation is 1. The van der Waals surface area contributed by atoms with Gasteiger partial charge in [-0.25, -0.2) is 4.39 Å². The molecule has 1 amide bonds. The van der Waals surface area contributed by atoms with Gasteiger partial charge in [-0.05, 0) is 30.7 Å². The van der Waals surface area contributed by atoms with Crippen LogP contribution < -0.4 is 5.32 Å². The Bertz CT molecular complexity index is 879. The van der Waals surface area contributed by atoms with Crippen LogP contribution in [-0.4, -0.2) is 25.5 Å². The number of nitrogens with zero attached hydrogens (tertiary/aromatic N) is 4. The van der Waals surface area contributed by atoms with Crippen molar-refractivity contribution in [2.24, 2.45) is 0 Å². The number of halogens is 1. The molecule has 0 atom stereocenters. The molecule has 3 rings (SSSR count). The van der Waals surface area contributed by atoms with Gasteiger partial charge in [0.2, 0.25) is 5.91 Å². The predicted octanol–water partition coefficient (Wildman–Crippen LogP) is 2.94. The molecule has 2 aromatic heterocycles. The zero-order chi connectivity index (χ0) is 17.6. The SMILES string of the molecule is CCn1cc(Cn2cc(NC(=O)/C=C/c3ccc(F)cc3)cn2)cn1. The van der Waals surface area contributed by atoms with Crippen LogP contribution in [0.1, 0.15) is 18.1 Å². The lowest BCUT2D eigenvalue weighted by atomic mass is 10.2. The van der Waals surface area contributed by atoms with Gasteiger partial charge in [-0.3, -0.25) is 14.2 Å². The molecule has 6 nitrogen and oxygen atoms in total. The second kappa shape index (κ2) is 7.57. The van der Waals surface area contributed by atoms with Crippen LogP contribution in [0.4, 0.5) is 10.1 Å². The molecule has 0 radical (unpaired) electrons. The summed E-state index contributed by atoms with van der Waals surface area (Å²) >= 11 is 0. The number of amides is 1. The minimum atomic E-state index is -0.307. The molecular formula is C18H18FN5O. The summed E-state index contributed by atoms with van der Waals surface area (Å²) in [5.41, 5.74) is 2.40. The third-order valence-electron chi connectivity index (χ3n) is 3.55. The zero-order valence-corrected chi connectivity index (χ0v) is 13.8. The lowest BCUT2D eigenvalue weighted by Crippen LogP contribution is -2.07. The molecule has 0 aliphatic carbocycles. The highest BCUT2D eigenvalue weighted by Gasteiger charge is 2.04. The van der Waals surface area contributed by atoms with Crippen LogP contribution in [-0.2, 0) is 17.9 Å². The van der Waals surface area contributed by atoms with Crippen LogP contribution in [0.5, 0.6) is 0 Å². The third-order valence-corrected chi connectivity index (χ3v) is 3.55. The molecule has 0 aliphatic rings. The minimum Gasteiger partial charge on any atom is -0.320 e. The molecule has 0 saturated carbocycles. The Morgan fingerprint density at radius 3 is 2.64 bits per heavy atom. The number of hydrogen-bond donors (Lipinski definition) is 1. The molecule has 0 bridgehead atoms. The van der Waals surface area contributed by atoms with E-state index in [1.165, 1.54) is 18.2 Å². The highest BCUT2D eigenvalue weighted by molar-refractivity contribution is 6.01. The van der Waals surface area contributed by atoms with Crippen molar-refractivity contribution in [2.45, 2.75) is 20.0 Å². The molecule has 0 fully saturated rings. The maximum Gasteiger partial charge on any atom is 0.248 e. The summed E-state index contributed by atoms with van der Waals surface area (Å²) in [7, 11) is 0. The summed E-state index contributed by atoms with van der Waals surface area (Å²) in [6, 6.07) is 5.91. The lowest BCUT2D eigenvalue weighted by Gasteiger charge is -1.99. The topological polar surface area (TPSA) is 64.7 Å². The fourth-order valence-electron chi connectivity index (χ4n) is 2.29. The second-order valence-electron chi connectivity index (χ2n) is 5.51. The monoisotopic (exact) mass is 339 g/mol. The van der Waals surface area contributed by atoms with Crippen molar-refractivity contribution in [1.29, 1.82) is 0 Å². The Morgan fingerprint density at radius 2 is 1.92 bits per heavy atom. The summed E-state index contributed by atoms with van der Waals surface area (Å²) in [4.78, 5) is 11.9. The van der Waals surface area contributed by atoms with Gasteiger partial charge < -0.3 is 5.32 Å². The van der Waals surface area contributed by atoms with Gasteiger partial charge in [-0.1, -0.05) is 12.1 Å². The van der Waals surface area contributed by atoms with E-state index in [0.717, 1.165) is 17.7 Å². The smallest absolute Gasteiger partial charge is 0.248 e. The maximum atomic E-state index is 12.8. The Labute approximate surface area is 144 Å². The van der Waals surface area contributed by atoms with Crippen molar-refractivity contribution in [1.82, 2.24) is 19.6 Å². The predicted molar refractivity (Wildman–Crippen MR) is 93.3 cm³/mol. The van der Waals surface area contributed by atoms with E-state index in [2.05, 4.69) is 15.5 Å². The van der Waals surface area contributed by atoms with Gasteiger partial charge in [0.1, 0.15) is 5.82 Å². The van der Waals surface area contributed by atoms with Crippen molar-refractivity contribution in [2.75, 3.05) is 5.32 Å². The number of rotatable bonds is 6. The van der Waals surface area contributed by atoms with Crippen LogP contribution >= 0.6 is 0 Å². The Hall–Kier alpha value is -3.22. The van der Waals surface area contributed by atoms with Gasteiger partial charge >= 0.3 is 0 Å². The van der Waals surface area contributed by atoms with Gasteiger partial charge in [0.25, 0.3) is 0 Å². The van der Waals surface area contributed by atoms with Gasteiger partial charge in [0.05, 0.1) is 24.6 Å². The van der Waals surface area contributed by atoms with Gasteiger partial charge in [0.15, 0.2) is 0 Å². The molecule has 128 valence electrons. The summed E-state index contributed by atoms with van der Waals surface area (Å²) in [5, 5.41) is 11.2. The molecule has 0 unspecified atom stereocenters. The average molecular weight is 339 g/mol. The molecule has 0 spiro atoms.